The maximum atomic E-state index is 11.8. The number of carbonyl (C=O) groups excluding carboxylic acids is 1. The van der Waals surface area contributed by atoms with Crippen molar-refractivity contribution in [3.8, 4) is 11.5 Å². The number of ether oxygens (including phenoxy) is 1. The lowest BCUT2D eigenvalue weighted by Crippen LogP contribution is -2.19. The van der Waals surface area contributed by atoms with Gasteiger partial charge < -0.3 is 15.2 Å². The first-order valence-electron chi connectivity index (χ1n) is 7.09. The molecule has 1 fully saturated rings. The van der Waals surface area contributed by atoms with Gasteiger partial charge >= 0.3 is 0 Å². The minimum Gasteiger partial charge on any atom is -0.504 e. The molecule has 2 rings (SSSR count). The number of nitrogens with one attached hydrogen (secondary N) is 1. The third kappa shape index (κ3) is 3.51. The molecular weight excluding hydrogens is 254 g/mol. The average Bonchev–Trinajstić information content (AvgIpc) is 2.72. The summed E-state index contributed by atoms with van der Waals surface area (Å²) in [5.41, 5.74) is 0.851. The largest absolute Gasteiger partial charge is 0.504 e. The van der Waals surface area contributed by atoms with Gasteiger partial charge in [0, 0.05) is 5.56 Å². The lowest BCUT2D eigenvalue weighted by molar-refractivity contribution is 0.0992. The number of phenols is 1. The Balaban J connectivity index is 2.11. The van der Waals surface area contributed by atoms with Crippen molar-refractivity contribution in [3.05, 3.63) is 23.8 Å². The average molecular weight is 277 g/mol. The third-order valence-corrected chi connectivity index (χ3v) is 3.84. The molecule has 0 aliphatic heterocycles. The molecule has 0 amide bonds. The second kappa shape index (κ2) is 5.83. The van der Waals surface area contributed by atoms with Gasteiger partial charge in [0.15, 0.2) is 17.3 Å². The molecule has 1 unspecified atom stereocenters. The summed E-state index contributed by atoms with van der Waals surface area (Å²) in [6.07, 6.45) is 3.20. The lowest BCUT2D eigenvalue weighted by Gasteiger charge is -2.18. The van der Waals surface area contributed by atoms with Gasteiger partial charge in [-0.25, -0.2) is 0 Å². The van der Waals surface area contributed by atoms with Crippen LogP contribution in [0.5, 0.6) is 11.5 Å². The van der Waals surface area contributed by atoms with Crippen LogP contribution < -0.4 is 10.1 Å². The molecule has 0 spiro atoms. The van der Waals surface area contributed by atoms with Crippen molar-refractivity contribution >= 4 is 5.78 Å². The van der Waals surface area contributed by atoms with Crippen LogP contribution in [0.1, 0.15) is 43.5 Å². The number of benzene rings is 1. The number of hydrogen-bond donors (Lipinski definition) is 2. The molecule has 0 aromatic heterocycles. The van der Waals surface area contributed by atoms with E-state index in [9.17, 15) is 9.90 Å². The number of hydrogen-bond acceptors (Lipinski definition) is 4. The van der Waals surface area contributed by atoms with Crippen LogP contribution in [0.25, 0.3) is 0 Å². The summed E-state index contributed by atoms with van der Waals surface area (Å²) in [6, 6.07) is 4.79. The molecule has 110 valence electrons. The van der Waals surface area contributed by atoms with Crippen molar-refractivity contribution in [2.45, 2.75) is 39.2 Å². The Morgan fingerprint density at radius 2 is 2.25 bits per heavy atom. The highest BCUT2D eigenvalue weighted by atomic mass is 16.5. The Kier molecular flexibility index (Phi) is 4.33. The molecule has 1 atom stereocenters. The van der Waals surface area contributed by atoms with Crippen LogP contribution in [-0.4, -0.2) is 30.6 Å². The molecule has 1 aliphatic carbocycles. The first-order chi connectivity index (χ1) is 9.41. The van der Waals surface area contributed by atoms with E-state index in [4.69, 9.17) is 4.74 Å². The van der Waals surface area contributed by atoms with E-state index in [2.05, 4.69) is 19.2 Å². The minimum atomic E-state index is -0.0101. The molecule has 0 bridgehead atoms. The molecule has 1 aromatic rings. The Morgan fingerprint density at radius 3 is 2.85 bits per heavy atom. The van der Waals surface area contributed by atoms with Crippen LogP contribution in [0.3, 0.4) is 0 Å². The molecule has 2 N–H and O–H groups in total. The summed E-state index contributed by atoms with van der Waals surface area (Å²) >= 11 is 0. The molecule has 0 saturated heterocycles. The number of aromatic hydroxyl groups is 1. The fourth-order valence-corrected chi connectivity index (χ4v) is 2.70. The van der Waals surface area contributed by atoms with Crippen LogP contribution in [0.4, 0.5) is 0 Å². The van der Waals surface area contributed by atoms with Crippen LogP contribution in [0.2, 0.25) is 0 Å². The molecular formula is C16H23NO3. The molecule has 4 heteroatoms. The van der Waals surface area contributed by atoms with E-state index < -0.39 is 0 Å². The number of ketones is 1. The van der Waals surface area contributed by atoms with Gasteiger partial charge in [-0.2, -0.15) is 0 Å². The Labute approximate surface area is 120 Å². The van der Waals surface area contributed by atoms with Crippen molar-refractivity contribution < 1.29 is 14.6 Å². The SMILES string of the molecule is CNCC(=O)c1ccc(O)c(OC2CCC(C)(C)C2)c1. The van der Waals surface area contributed by atoms with Crippen molar-refractivity contribution in [3.63, 3.8) is 0 Å². The van der Waals surface area contributed by atoms with Gasteiger partial charge in [0.05, 0.1) is 12.6 Å². The van der Waals surface area contributed by atoms with Crippen molar-refractivity contribution in [2.75, 3.05) is 13.6 Å². The fraction of sp³-hybridized carbons (Fsp3) is 0.562. The summed E-state index contributed by atoms with van der Waals surface area (Å²) in [7, 11) is 1.73. The van der Waals surface area contributed by atoms with Crippen LogP contribution in [0.15, 0.2) is 18.2 Å². The summed E-state index contributed by atoms with van der Waals surface area (Å²) in [6.45, 7) is 4.73. The topological polar surface area (TPSA) is 58.6 Å². The maximum Gasteiger partial charge on any atom is 0.176 e. The molecule has 1 saturated carbocycles. The first kappa shape index (κ1) is 14.9. The summed E-state index contributed by atoms with van der Waals surface area (Å²) in [5, 5.41) is 12.7. The fourth-order valence-electron chi connectivity index (χ4n) is 2.70. The van der Waals surface area contributed by atoms with Gasteiger partial charge in [-0.3, -0.25) is 4.79 Å². The van der Waals surface area contributed by atoms with Crippen molar-refractivity contribution in [1.82, 2.24) is 5.32 Å². The lowest BCUT2D eigenvalue weighted by atomic mass is 9.92. The zero-order valence-electron chi connectivity index (χ0n) is 12.4. The standard InChI is InChI=1S/C16H23NO3/c1-16(2)7-6-12(9-16)20-15-8-11(4-5-13(15)18)14(19)10-17-3/h4-5,8,12,17-18H,6-7,9-10H2,1-3H3. The minimum absolute atomic E-state index is 0.0101. The van der Waals surface area contributed by atoms with Crippen LogP contribution in [0, 0.1) is 5.41 Å². The van der Waals surface area contributed by atoms with Crippen LogP contribution in [-0.2, 0) is 0 Å². The van der Waals surface area contributed by atoms with E-state index in [1.54, 1.807) is 19.2 Å². The summed E-state index contributed by atoms with van der Waals surface area (Å²) in [4.78, 5) is 11.8. The summed E-state index contributed by atoms with van der Waals surface area (Å²) in [5.74, 6) is 0.495. The first-order valence-corrected chi connectivity index (χ1v) is 7.09. The van der Waals surface area contributed by atoms with E-state index in [1.165, 1.54) is 6.07 Å². The number of rotatable bonds is 5. The van der Waals surface area contributed by atoms with E-state index in [0.29, 0.717) is 16.7 Å². The molecule has 0 heterocycles. The number of carbonyl (C=O) groups is 1. The molecule has 4 nitrogen and oxygen atoms in total. The predicted molar refractivity (Wildman–Crippen MR) is 78.4 cm³/mol. The second-order valence-electron chi connectivity index (χ2n) is 6.28. The number of likely N-dealkylation sites (N-methyl/N-ethyl adjacent to an activating group) is 1. The monoisotopic (exact) mass is 277 g/mol. The highest BCUT2D eigenvalue weighted by Crippen LogP contribution is 2.40. The normalized spacial score (nSPS) is 20.9. The van der Waals surface area contributed by atoms with Gasteiger partial charge in [-0.05, 0) is 49.9 Å². The maximum absolute atomic E-state index is 11.8. The molecule has 20 heavy (non-hydrogen) atoms. The van der Waals surface area contributed by atoms with E-state index in [-0.39, 0.29) is 24.2 Å². The van der Waals surface area contributed by atoms with Gasteiger partial charge in [0.1, 0.15) is 0 Å². The summed E-state index contributed by atoms with van der Waals surface area (Å²) < 4.78 is 5.89. The van der Waals surface area contributed by atoms with Gasteiger partial charge in [0.2, 0.25) is 0 Å². The van der Waals surface area contributed by atoms with Crippen molar-refractivity contribution in [2.24, 2.45) is 5.41 Å². The number of Topliss-reactive ketones (excluding diaryl/α,β-unsaturated/α-hetero) is 1. The zero-order chi connectivity index (χ0) is 14.8. The highest BCUT2D eigenvalue weighted by molar-refractivity contribution is 5.98. The van der Waals surface area contributed by atoms with E-state index >= 15 is 0 Å². The Bertz CT molecular complexity index is 496. The molecule has 1 aliphatic rings. The smallest absolute Gasteiger partial charge is 0.176 e. The predicted octanol–water partition coefficient (Wildman–Crippen LogP) is 2.75. The Morgan fingerprint density at radius 1 is 1.50 bits per heavy atom. The van der Waals surface area contributed by atoms with Crippen LogP contribution >= 0.6 is 0 Å². The third-order valence-electron chi connectivity index (χ3n) is 3.84. The zero-order valence-corrected chi connectivity index (χ0v) is 12.4. The van der Waals surface area contributed by atoms with Gasteiger partial charge in [-0.1, -0.05) is 13.8 Å². The molecule has 1 aromatic carbocycles. The second-order valence-corrected chi connectivity index (χ2v) is 6.28. The number of phenolic OH excluding ortho intramolecular Hbond substituents is 1. The quantitative estimate of drug-likeness (QED) is 0.813. The molecule has 0 radical (unpaired) electrons. The van der Waals surface area contributed by atoms with Gasteiger partial charge in [-0.15, -0.1) is 0 Å². The van der Waals surface area contributed by atoms with Crippen molar-refractivity contribution in [1.29, 1.82) is 0 Å². The van der Waals surface area contributed by atoms with E-state index in [1.807, 2.05) is 0 Å². The van der Waals surface area contributed by atoms with E-state index in [0.717, 1.165) is 19.3 Å². The Hall–Kier alpha value is -1.55. The van der Waals surface area contributed by atoms with Gasteiger partial charge in [0.25, 0.3) is 0 Å². The highest BCUT2D eigenvalue weighted by Gasteiger charge is 2.32.